The summed E-state index contributed by atoms with van der Waals surface area (Å²) in [6.45, 7) is 1.39. The third-order valence-electron chi connectivity index (χ3n) is 5.82. The van der Waals surface area contributed by atoms with Gasteiger partial charge in [-0.05, 0) is 53.7 Å². The van der Waals surface area contributed by atoms with Crippen LogP contribution in [-0.4, -0.2) is 34.3 Å². The number of rotatable bonds is 8. The minimum Gasteiger partial charge on any atom is -0.497 e. The maximum atomic E-state index is 13.0. The Kier molecular flexibility index (Phi) is 6.59. The summed E-state index contributed by atoms with van der Waals surface area (Å²) in [5.41, 5.74) is 2.86. The van der Waals surface area contributed by atoms with Crippen LogP contribution in [0.4, 0.5) is 4.79 Å². The van der Waals surface area contributed by atoms with Gasteiger partial charge in [0.25, 0.3) is 11.1 Å². The molecule has 0 spiro atoms. The Balaban J connectivity index is 1.34. The van der Waals surface area contributed by atoms with Gasteiger partial charge in [0.05, 0.1) is 25.1 Å². The molecule has 6 nitrogen and oxygen atoms in total. The summed E-state index contributed by atoms with van der Waals surface area (Å²) < 4.78 is 13.2. The van der Waals surface area contributed by atoms with Gasteiger partial charge in [0, 0.05) is 22.7 Å². The van der Waals surface area contributed by atoms with E-state index in [-0.39, 0.29) is 17.7 Å². The van der Waals surface area contributed by atoms with E-state index >= 15 is 0 Å². The lowest BCUT2D eigenvalue weighted by Crippen LogP contribution is -2.27. The summed E-state index contributed by atoms with van der Waals surface area (Å²) in [5, 5.41) is 0.772. The number of para-hydroxylation sites is 1. The molecule has 176 valence electrons. The van der Waals surface area contributed by atoms with E-state index in [4.69, 9.17) is 9.47 Å². The van der Waals surface area contributed by atoms with Gasteiger partial charge in [-0.3, -0.25) is 14.5 Å². The number of carbonyl (C=O) groups is 2. The standard InChI is InChI=1S/C28H24N2O4S/c1-33-22-11-13-23(14-12-22)34-16-15-29-19-21(24-9-5-6-10-25(24)29)17-26-27(31)30(28(32)35-26)18-20-7-3-2-4-8-20/h2-14,17,19H,15-16,18H2,1H3/b26-17-. The molecule has 1 saturated heterocycles. The van der Waals surface area contributed by atoms with Gasteiger partial charge in [0.15, 0.2) is 0 Å². The number of carbonyl (C=O) groups excluding carboxylic acids is 2. The largest absolute Gasteiger partial charge is 0.497 e. The summed E-state index contributed by atoms with van der Waals surface area (Å²) in [6, 6.07) is 25.0. The molecule has 0 radical (unpaired) electrons. The molecule has 1 aliphatic rings. The molecule has 2 heterocycles. The number of aromatic nitrogens is 1. The number of ether oxygens (including phenoxy) is 2. The van der Waals surface area contributed by atoms with Gasteiger partial charge in [-0.2, -0.15) is 0 Å². The third kappa shape index (κ3) is 4.95. The van der Waals surface area contributed by atoms with E-state index in [9.17, 15) is 9.59 Å². The van der Waals surface area contributed by atoms with E-state index in [1.54, 1.807) is 7.11 Å². The quantitative estimate of drug-likeness (QED) is 0.289. The van der Waals surface area contributed by atoms with Gasteiger partial charge in [-0.25, -0.2) is 0 Å². The van der Waals surface area contributed by atoms with Crippen LogP contribution in [0.1, 0.15) is 11.1 Å². The third-order valence-corrected chi connectivity index (χ3v) is 6.73. The molecule has 1 fully saturated rings. The fourth-order valence-corrected chi connectivity index (χ4v) is 4.88. The molecule has 0 aliphatic carbocycles. The zero-order valence-electron chi connectivity index (χ0n) is 19.2. The van der Waals surface area contributed by atoms with Crippen LogP contribution in [0.15, 0.2) is 90.0 Å². The van der Waals surface area contributed by atoms with Crippen molar-refractivity contribution in [2.75, 3.05) is 13.7 Å². The van der Waals surface area contributed by atoms with Crippen LogP contribution in [0.25, 0.3) is 17.0 Å². The maximum Gasteiger partial charge on any atom is 0.293 e. The maximum absolute atomic E-state index is 13.0. The van der Waals surface area contributed by atoms with Crippen LogP contribution < -0.4 is 9.47 Å². The van der Waals surface area contributed by atoms with Crippen LogP contribution in [0.5, 0.6) is 11.5 Å². The van der Waals surface area contributed by atoms with E-state index in [0.717, 1.165) is 45.3 Å². The molecule has 2 amide bonds. The molecular formula is C28H24N2O4S. The number of nitrogens with zero attached hydrogens (tertiary/aromatic N) is 2. The lowest BCUT2D eigenvalue weighted by atomic mass is 10.1. The Bertz CT molecular complexity index is 1390. The highest BCUT2D eigenvalue weighted by molar-refractivity contribution is 8.18. The first-order chi connectivity index (χ1) is 17.1. The molecule has 1 aromatic heterocycles. The van der Waals surface area contributed by atoms with Crippen molar-refractivity contribution in [1.82, 2.24) is 9.47 Å². The normalized spacial score (nSPS) is 14.8. The summed E-state index contributed by atoms with van der Waals surface area (Å²) in [6.07, 6.45) is 3.83. The Morgan fingerprint density at radius 1 is 0.886 bits per heavy atom. The Morgan fingerprint density at radius 3 is 2.37 bits per heavy atom. The average molecular weight is 485 g/mol. The van der Waals surface area contributed by atoms with Crippen molar-refractivity contribution in [2.45, 2.75) is 13.1 Å². The minimum atomic E-state index is -0.261. The number of methoxy groups -OCH3 is 1. The van der Waals surface area contributed by atoms with Crippen molar-refractivity contribution < 1.29 is 19.1 Å². The second kappa shape index (κ2) is 10.1. The zero-order valence-corrected chi connectivity index (χ0v) is 20.0. The van der Waals surface area contributed by atoms with E-state index in [1.165, 1.54) is 4.90 Å². The molecule has 0 bridgehead atoms. The van der Waals surface area contributed by atoms with Crippen molar-refractivity contribution in [3.63, 3.8) is 0 Å². The van der Waals surface area contributed by atoms with Crippen molar-refractivity contribution >= 4 is 39.9 Å². The van der Waals surface area contributed by atoms with Crippen LogP contribution >= 0.6 is 11.8 Å². The minimum absolute atomic E-state index is 0.248. The number of imide groups is 1. The molecule has 0 atom stereocenters. The molecule has 0 N–H and O–H groups in total. The molecular weight excluding hydrogens is 460 g/mol. The molecule has 0 saturated carbocycles. The lowest BCUT2D eigenvalue weighted by Gasteiger charge is -2.12. The number of benzene rings is 3. The first kappa shape index (κ1) is 22.8. The highest BCUT2D eigenvalue weighted by atomic mass is 32.2. The van der Waals surface area contributed by atoms with Crippen LogP contribution in [0.2, 0.25) is 0 Å². The van der Waals surface area contributed by atoms with Crippen LogP contribution in [0.3, 0.4) is 0 Å². The monoisotopic (exact) mass is 484 g/mol. The molecule has 1 aliphatic heterocycles. The van der Waals surface area contributed by atoms with Gasteiger partial charge in [-0.1, -0.05) is 48.5 Å². The van der Waals surface area contributed by atoms with E-state index in [2.05, 4.69) is 4.57 Å². The van der Waals surface area contributed by atoms with Gasteiger partial charge < -0.3 is 14.0 Å². The fourth-order valence-electron chi connectivity index (χ4n) is 4.05. The van der Waals surface area contributed by atoms with Gasteiger partial charge >= 0.3 is 0 Å². The number of hydrogen-bond acceptors (Lipinski definition) is 5. The summed E-state index contributed by atoms with van der Waals surface area (Å²) in [4.78, 5) is 27.3. The van der Waals surface area contributed by atoms with E-state index in [0.29, 0.717) is 18.1 Å². The predicted octanol–water partition coefficient (Wildman–Crippen LogP) is 5.97. The fraction of sp³-hybridized carbons (Fsp3) is 0.143. The van der Waals surface area contributed by atoms with Crippen LogP contribution in [-0.2, 0) is 17.9 Å². The highest BCUT2D eigenvalue weighted by Gasteiger charge is 2.35. The second-order valence-electron chi connectivity index (χ2n) is 8.07. The molecule has 5 rings (SSSR count). The summed E-state index contributed by atoms with van der Waals surface area (Å²) in [7, 11) is 1.63. The molecule has 0 unspecified atom stereocenters. The Morgan fingerprint density at radius 2 is 1.60 bits per heavy atom. The highest BCUT2D eigenvalue weighted by Crippen LogP contribution is 2.35. The van der Waals surface area contributed by atoms with E-state index < -0.39 is 0 Å². The van der Waals surface area contributed by atoms with Crippen molar-refractivity contribution in [1.29, 1.82) is 0 Å². The average Bonchev–Trinajstić information content (AvgIpc) is 3.37. The smallest absolute Gasteiger partial charge is 0.293 e. The summed E-state index contributed by atoms with van der Waals surface area (Å²) >= 11 is 0.986. The van der Waals surface area contributed by atoms with Crippen LogP contribution in [0, 0.1) is 0 Å². The predicted molar refractivity (Wildman–Crippen MR) is 138 cm³/mol. The topological polar surface area (TPSA) is 60.8 Å². The van der Waals surface area contributed by atoms with Gasteiger partial charge in [0.1, 0.15) is 18.1 Å². The number of fused-ring (bicyclic) bond motifs is 1. The van der Waals surface area contributed by atoms with Crippen molar-refractivity contribution in [3.8, 4) is 11.5 Å². The van der Waals surface area contributed by atoms with E-state index in [1.807, 2.05) is 91.1 Å². The summed E-state index contributed by atoms with van der Waals surface area (Å²) in [5.74, 6) is 1.30. The van der Waals surface area contributed by atoms with Gasteiger partial charge in [-0.15, -0.1) is 0 Å². The number of thioether (sulfide) groups is 1. The Hall–Kier alpha value is -3.97. The molecule has 3 aromatic carbocycles. The molecule has 4 aromatic rings. The first-order valence-electron chi connectivity index (χ1n) is 11.3. The Labute approximate surface area is 207 Å². The molecule has 35 heavy (non-hydrogen) atoms. The van der Waals surface area contributed by atoms with Crippen molar-refractivity contribution in [3.05, 3.63) is 101 Å². The van der Waals surface area contributed by atoms with Crippen molar-refractivity contribution in [2.24, 2.45) is 0 Å². The molecule has 7 heteroatoms. The SMILES string of the molecule is COc1ccc(OCCn2cc(/C=C3\SC(=O)N(Cc4ccccc4)C3=O)c3ccccc32)cc1. The second-order valence-corrected chi connectivity index (χ2v) is 9.07. The zero-order chi connectivity index (χ0) is 24.2. The van der Waals surface area contributed by atoms with Gasteiger partial charge in [0.2, 0.25) is 0 Å². The lowest BCUT2D eigenvalue weighted by molar-refractivity contribution is -0.123. The first-order valence-corrected chi connectivity index (χ1v) is 12.1. The number of amides is 2. The number of hydrogen-bond donors (Lipinski definition) is 0.